The number of rotatable bonds is 3. The van der Waals surface area contributed by atoms with E-state index in [0.717, 1.165) is 0 Å². The third-order valence-electron chi connectivity index (χ3n) is 1.80. The molecular weight excluding hydrogens is 232 g/mol. The largest absolute Gasteiger partial charge is 0.370 e. The zero-order valence-corrected chi connectivity index (χ0v) is 11.7. The Balaban J connectivity index is 4.45. The topological polar surface area (TPSA) is 9.23 Å². The highest BCUT2D eigenvalue weighted by molar-refractivity contribution is 9.09. The predicted molar refractivity (Wildman–Crippen MR) is 61.5 cm³/mol. The lowest BCUT2D eigenvalue weighted by Crippen LogP contribution is -2.48. The molecule has 0 amide bonds. The third-order valence-corrected chi connectivity index (χ3v) is 4.67. The fourth-order valence-corrected chi connectivity index (χ4v) is 5.55. The molecule has 12 heavy (non-hydrogen) atoms. The van der Waals surface area contributed by atoms with E-state index in [1.807, 2.05) is 0 Å². The van der Waals surface area contributed by atoms with E-state index in [9.17, 15) is 0 Å². The summed E-state index contributed by atoms with van der Waals surface area (Å²) in [5.74, 6) is 0. The second kappa shape index (κ2) is 4.25. The van der Waals surface area contributed by atoms with Crippen LogP contribution in [0.5, 0.6) is 0 Å². The van der Waals surface area contributed by atoms with Crippen molar-refractivity contribution in [3.63, 3.8) is 0 Å². The molecule has 0 aliphatic heterocycles. The van der Waals surface area contributed by atoms with Crippen molar-refractivity contribution in [3.8, 4) is 0 Å². The summed E-state index contributed by atoms with van der Waals surface area (Å²) in [6.07, 6.45) is 0. The van der Waals surface area contributed by atoms with E-state index in [0.29, 0.717) is 11.2 Å². The minimum Gasteiger partial charge on any atom is -0.370 e. The van der Waals surface area contributed by atoms with Crippen molar-refractivity contribution in [2.24, 2.45) is 5.41 Å². The van der Waals surface area contributed by atoms with Crippen molar-refractivity contribution in [3.05, 3.63) is 0 Å². The summed E-state index contributed by atoms with van der Waals surface area (Å²) in [7, 11) is -1.20. The molecule has 0 fully saturated rings. The average molecular weight is 253 g/mol. The van der Waals surface area contributed by atoms with Gasteiger partial charge in [-0.2, -0.15) is 0 Å². The Morgan fingerprint density at radius 1 is 1.25 bits per heavy atom. The quantitative estimate of drug-likeness (QED) is 0.551. The molecule has 0 spiro atoms. The first-order valence-corrected chi connectivity index (χ1v) is 9.07. The van der Waals surface area contributed by atoms with Crippen LogP contribution in [0.1, 0.15) is 20.8 Å². The number of alkyl halides is 1. The van der Waals surface area contributed by atoms with Crippen LogP contribution in [0.2, 0.25) is 19.6 Å². The van der Waals surface area contributed by atoms with Crippen LogP contribution in [-0.4, -0.2) is 19.3 Å². The summed E-state index contributed by atoms with van der Waals surface area (Å²) in [5, 5.41) is 0. The smallest absolute Gasteiger partial charge is 0.101 e. The van der Waals surface area contributed by atoms with Crippen LogP contribution < -0.4 is 0 Å². The second-order valence-corrected chi connectivity index (χ2v) is 11.1. The van der Waals surface area contributed by atoms with Gasteiger partial charge in [0.2, 0.25) is 0 Å². The maximum atomic E-state index is 5.75. The van der Waals surface area contributed by atoms with Crippen LogP contribution in [0.15, 0.2) is 0 Å². The van der Waals surface area contributed by atoms with E-state index in [2.05, 4.69) is 56.3 Å². The van der Waals surface area contributed by atoms with Crippen LogP contribution in [-0.2, 0) is 4.74 Å². The fraction of sp³-hybridized carbons (Fsp3) is 1.00. The second-order valence-electron chi connectivity index (χ2n) is 5.39. The summed E-state index contributed by atoms with van der Waals surface area (Å²) in [5.41, 5.74) is 1.33. The minimum atomic E-state index is -1.20. The maximum absolute atomic E-state index is 5.75. The van der Waals surface area contributed by atoms with Crippen molar-refractivity contribution in [1.82, 2.24) is 0 Å². The molecule has 74 valence electrons. The number of ether oxygens (including phenoxy) is 1. The molecule has 0 heterocycles. The van der Waals surface area contributed by atoms with Crippen LogP contribution in [0.4, 0.5) is 0 Å². The highest BCUT2D eigenvalue weighted by Gasteiger charge is 2.36. The molecule has 1 nitrogen and oxygen atoms in total. The van der Waals surface area contributed by atoms with Crippen LogP contribution >= 0.6 is 15.9 Å². The summed E-state index contributed by atoms with van der Waals surface area (Å²) >= 11 is 3.33. The van der Waals surface area contributed by atoms with Crippen molar-refractivity contribution < 1.29 is 4.74 Å². The molecular formula is C9H21BrOSi. The van der Waals surface area contributed by atoms with Gasteiger partial charge in [0.1, 0.15) is 5.52 Å². The van der Waals surface area contributed by atoms with Crippen LogP contribution in [0, 0.1) is 5.41 Å². The van der Waals surface area contributed by atoms with E-state index in [1.54, 1.807) is 0 Å². The van der Waals surface area contributed by atoms with Crippen molar-refractivity contribution >= 4 is 24.0 Å². The molecule has 0 aromatic heterocycles. The minimum absolute atomic E-state index is 0.262. The number of hydrogen-bond acceptors (Lipinski definition) is 1. The standard InChI is InChI=1S/C9H21BrOSi/c1-9(2,3)8(11-7-10)12(4,5)6/h8H,7H2,1-6H3. The fourth-order valence-electron chi connectivity index (χ4n) is 1.86. The summed E-state index contributed by atoms with van der Waals surface area (Å²) in [4.78, 5) is 0. The monoisotopic (exact) mass is 252 g/mol. The van der Waals surface area contributed by atoms with Crippen LogP contribution in [0.3, 0.4) is 0 Å². The van der Waals surface area contributed by atoms with E-state index < -0.39 is 8.07 Å². The molecule has 0 saturated heterocycles. The van der Waals surface area contributed by atoms with Gasteiger partial charge in [-0.15, -0.1) is 0 Å². The molecule has 0 aromatic rings. The lowest BCUT2D eigenvalue weighted by Gasteiger charge is -2.38. The van der Waals surface area contributed by atoms with Gasteiger partial charge in [-0.3, -0.25) is 0 Å². The van der Waals surface area contributed by atoms with Crippen LogP contribution in [0.25, 0.3) is 0 Å². The maximum Gasteiger partial charge on any atom is 0.101 e. The zero-order chi connectivity index (χ0) is 9.99. The first-order chi connectivity index (χ1) is 5.19. The first kappa shape index (κ1) is 12.7. The summed E-state index contributed by atoms with van der Waals surface area (Å²) in [6, 6.07) is 0. The normalized spacial score (nSPS) is 16.2. The summed E-state index contributed by atoms with van der Waals surface area (Å²) in [6.45, 7) is 13.8. The van der Waals surface area contributed by atoms with E-state index in [4.69, 9.17) is 4.74 Å². The van der Waals surface area contributed by atoms with E-state index >= 15 is 0 Å². The molecule has 1 atom stereocenters. The molecule has 0 aliphatic carbocycles. The molecule has 0 bridgehead atoms. The van der Waals surface area contributed by atoms with Gasteiger partial charge < -0.3 is 4.74 Å². The predicted octanol–water partition coefficient (Wildman–Crippen LogP) is 3.65. The molecule has 0 radical (unpaired) electrons. The summed E-state index contributed by atoms with van der Waals surface area (Å²) < 4.78 is 5.75. The molecule has 0 rings (SSSR count). The van der Waals surface area contributed by atoms with E-state index in [-0.39, 0.29) is 5.41 Å². The SMILES string of the molecule is CC(C)(C)C(OCBr)[Si](C)(C)C. The van der Waals surface area contributed by atoms with Gasteiger partial charge in [0, 0.05) is 0 Å². The van der Waals surface area contributed by atoms with Gasteiger partial charge >= 0.3 is 0 Å². The lowest BCUT2D eigenvalue weighted by molar-refractivity contribution is 0.0627. The Hall–Kier alpha value is 0.657. The highest BCUT2D eigenvalue weighted by atomic mass is 79.9. The Morgan fingerprint density at radius 3 is 1.75 bits per heavy atom. The van der Waals surface area contributed by atoms with Gasteiger partial charge in [-0.25, -0.2) is 0 Å². The molecule has 0 aromatic carbocycles. The molecule has 1 unspecified atom stereocenters. The van der Waals surface area contributed by atoms with Crippen molar-refractivity contribution in [1.29, 1.82) is 0 Å². The van der Waals surface area contributed by atoms with Gasteiger partial charge in [-0.1, -0.05) is 56.3 Å². The molecule has 0 N–H and O–H groups in total. The average Bonchev–Trinajstić information content (AvgIpc) is 1.77. The van der Waals surface area contributed by atoms with Gasteiger partial charge in [0.25, 0.3) is 0 Å². The molecule has 3 heteroatoms. The zero-order valence-electron chi connectivity index (χ0n) is 9.07. The molecule has 0 saturated carbocycles. The Labute approximate surface area is 86.0 Å². The number of hydrogen-bond donors (Lipinski definition) is 0. The third kappa shape index (κ3) is 4.05. The van der Waals surface area contributed by atoms with Gasteiger partial charge in [-0.05, 0) is 5.41 Å². The van der Waals surface area contributed by atoms with Crippen molar-refractivity contribution in [2.75, 3.05) is 5.52 Å². The lowest BCUT2D eigenvalue weighted by atomic mass is 9.98. The highest BCUT2D eigenvalue weighted by Crippen LogP contribution is 2.30. The van der Waals surface area contributed by atoms with Gasteiger partial charge in [0.05, 0.1) is 13.8 Å². The Morgan fingerprint density at radius 2 is 1.67 bits per heavy atom. The van der Waals surface area contributed by atoms with Gasteiger partial charge in [0.15, 0.2) is 0 Å². The molecule has 0 aliphatic rings. The number of halogens is 1. The first-order valence-electron chi connectivity index (χ1n) is 4.37. The Bertz CT molecular complexity index is 120. The van der Waals surface area contributed by atoms with E-state index in [1.165, 1.54) is 0 Å². The van der Waals surface area contributed by atoms with Crippen molar-refractivity contribution in [2.45, 2.75) is 46.1 Å². The Kier molecular flexibility index (Phi) is 4.48.